The summed E-state index contributed by atoms with van der Waals surface area (Å²) in [4.78, 5) is 22.9. The Morgan fingerprint density at radius 3 is 1.45 bits per heavy atom. The van der Waals surface area contributed by atoms with Crippen LogP contribution in [0.2, 0.25) is 0 Å². The van der Waals surface area contributed by atoms with E-state index in [0.29, 0.717) is 22.6 Å². The second kappa shape index (κ2) is 7.04. The molecule has 0 amide bonds. The molecule has 2 aromatic carbocycles. The highest BCUT2D eigenvalue weighted by Gasteiger charge is 2.14. The van der Waals surface area contributed by atoms with Crippen molar-refractivity contribution in [3.63, 3.8) is 0 Å². The molecule has 0 aliphatic rings. The highest BCUT2D eigenvalue weighted by atomic mass is 16.5. The Hall–Kier alpha value is -3.14. The molecule has 4 heteroatoms. The summed E-state index contributed by atoms with van der Waals surface area (Å²) in [5.41, 5.74) is 1.26. The minimum atomic E-state index is -0.562. The van der Waals surface area contributed by atoms with Crippen molar-refractivity contribution in [2.45, 2.75) is 0 Å². The van der Waals surface area contributed by atoms with E-state index < -0.39 is 11.9 Å². The SMILES string of the molecule is C=CC(=O)Oc1ccccc1-c1ccccc1OC(=O)C=C. The molecule has 0 radical (unpaired) electrons. The van der Waals surface area contributed by atoms with Gasteiger partial charge in [0.1, 0.15) is 11.5 Å². The van der Waals surface area contributed by atoms with Gasteiger partial charge >= 0.3 is 11.9 Å². The maximum absolute atomic E-state index is 11.4. The molecule has 0 unspecified atom stereocenters. The predicted octanol–water partition coefficient (Wildman–Crippen LogP) is 3.54. The largest absolute Gasteiger partial charge is 0.423 e. The van der Waals surface area contributed by atoms with Gasteiger partial charge in [-0.05, 0) is 12.1 Å². The number of para-hydroxylation sites is 2. The van der Waals surface area contributed by atoms with Crippen LogP contribution in [0.15, 0.2) is 73.8 Å². The van der Waals surface area contributed by atoms with Crippen LogP contribution in [0.3, 0.4) is 0 Å². The molecule has 0 heterocycles. The summed E-state index contributed by atoms with van der Waals surface area (Å²) in [6, 6.07) is 13.9. The minimum Gasteiger partial charge on any atom is -0.423 e. The maximum Gasteiger partial charge on any atom is 0.335 e. The van der Waals surface area contributed by atoms with Crippen molar-refractivity contribution in [2.24, 2.45) is 0 Å². The van der Waals surface area contributed by atoms with Crippen LogP contribution >= 0.6 is 0 Å². The van der Waals surface area contributed by atoms with Crippen molar-refractivity contribution in [1.29, 1.82) is 0 Å². The Kier molecular flexibility index (Phi) is 4.88. The standard InChI is InChI=1S/C18H14O4/c1-3-17(19)21-15-11-7-5-9-13(15)14-10-6-8-12-16(14)22-18(20)4-2/h3-12H,1-2H2. The average molecular weight is 294 g/mol. The lowest BCUT2D eigenvalue weighted by molar-refractivity contribution is -0.129. The first-order valence-corrected chi connectivity index (χ1v) is 6.52. The number of hydrogen-bond acceptors (Lipinski definition) is 4. The number of carbonyl (C=O) groups is 2. The molecule has 0 saturated heterocycles. The zero-order valence-electron chi connectivity index (χ0n) is 11.8. The first-order chi connectivity index (χ1) is 10.7. The molecule has 0 aliphatic heterocycles. The maximum atomic E-state index is 11.4. The molecule has 0 aromatic heterocycles. The fourth-order valence-electron chi connectivity index (χ4n) is 1.86. The Balaban J connectivity index is 2.48. The molecule has 0 N–H and O–H groups in total. The summed E-state index contributed by atoms with van der Waals surface area (Å²) < 4.78 is 10.4. The van der Waals surface area contributed by atoms with Gasteiger partial charge in [-0.3, -0.25) is 0 Å². The van der Waals surface area contributed by atoms with Gasteiger partial charge in [0.15, 0.2) is 0 Å². The van der Waals surface area contributed by atoms with Gasteiger partial charge in [-0.1, -0.05) is 49.6 Å². The molecule has 2 rings (SSSR count). The fraction of sp³-hybridized carbons (Fsp3) is 0. The van der Waals surface area contributed by atoms with E-state index in [-0.39, 0.29) is 0 Å². The third-order valence-electron chi connectivity index (χ3n) is 2.82. The zero-order valence-corrected chi connectivity index (χ0v) is 11.8. The van der Waals surface area contributed by atoms with Gasteiger partial charge in [-0.15, -0.1) is 0 Å². The Morgan fingerprint density at radius 2 is 1.09 bits per heavy atom. The second-order valence-corrected chi connectivity index (χ2v) is 4.24. The lowest BCUT2D eigenvalue weighted by atomic mass is 10.0. The van der Waals surface area contributed by atoms with Crippen LogP contribution in [0.1, 0.15) is 0 Å². The number of hydrogen-bond donors (Lipinski definition) is 0. The zero-order chi connectivity index (χ0) is 15.9. The van der Waals surface area contributed by atoms with Gasteiger partial charge in [0.05, 0.1) is 0 Å². The molecular weight excluding hydrogens is 280 g/mol. The highest BCUT2D eigenvalue weighted by Crippen LogP contribution is 2.36. The van der Waals surface area contributed by atoms with E-state index in [0.717, 1.165) is 12.2 Å². The van der Waals surface area contributed by atoms with Crippen LogP contribution in [-0.2, 0) is 9.59 Å². The van der Waals surface area contributed by atoms with E-state index in [2.05, 4.69) is 13.2 Å². The topological polar surface area (TPSA) is 52.6 Å². The third-order valence-corrected chi connectivity index (χ3v) is 2.82. The van der Waals surface area contributed by atoms with Gasteiger partial charge in [-0.2, -0.15) is 0 Å². The number of esters is 2. The van der Waals surface area contributed by atoms with Crippen LogP contribution < -0.4 is 9.47 Å². The molecule has 4 nitrogen and oxygen atoms in total. The summed E-state index contributed by atoms with van der Waals surface area (Å²) in [6.07, 6.45) is 2.17. The molecule has 0 saturated carbocycles. The van der Waals surface area contributed by atoms with Crippen molar-refractivity contribution < 1.29 is 19.1 Å². The van der Waals surface area contributed by atoms with Crippen molar-refractivity contribution >= 4 is 11.9 Å². The van der Waals surface area contributed by atoms with Gasteiger partial charge in [0, 0.05) is 23.3 Å². The number of benzene rings is 2. The van der Waals surface area contributed by atoms with Crippen molar-refractivity contribution in [3.8, 4) is 22.6 Å². The van der Waals surface area contributed by atoms with Crippen LogP contribution in [0.25, 0.3) is 11.1 Å². The molecule has 0 fully saturated rings. The molecule has 0 atom stereocenters. The van der Waals surface area contributed by atoms with E-state index in [1.165, 1.54) is 0 Å². The molecule has 22 heavy (non-hydrogen) atoms. The predicted molar refractivity (Wildman–Crippen MR) is 83.5 cm³/mol. The summed E-state index contributed by atoms with van der Waals surface area (Å²) in [6.45, 7) is 6.74. The van der Waals surface area contributed by atoms with E-state index in [4.69, 9.17) is 9.47 Å². The van der Waals surface area contributed by atoms with Gasteiger partial charge in [0.2, 0.25) is 0 Å². The molecule has 0 spiro atoms. The summed E-state index contributed by atoms with van der Waals surface area (Å²) in [5, 5.41) is 0. The molecule has 2 aromatic rings. The smallest absolute Gasteiger partial charge is 0.335 e. The van der Waals surface area contributed by atoms with E-state index in [1.807, 2.05) is 0 Å². The normalized spacial score (nSPS) is 9.64. The van der Waals surface area contributed by atoms with Gasteiger partial charge < -0.3 is 9.47 Å². The Morgan fingerprint density at radius 1 is 0.727 bits per heavy atom. The van der Waals surface area contributed by atoms with Crippen molar-refractivity contribution in [2.75, 3.05) is 0 Å². The first-order valence-electron chi connectivity index (χ1n) is 6.52. The van der Waals surface area contributed by atoms with Gasteiger partial charge in [0.25, 0.3) is 0 Å². The van der Waals surface area contributed by atoms with Gasteiger partial charge in [-0.25, -0.2) is 9.59 Å². The van der Waals surface area contributed by atoms with E-state index in [9.17, 15) is 9.59 Å². The number of rotatable bonds is 5. The van der Waals surface area contributed by atoms with Crippen LogP contribution in [0.5, 0.6) is 11.5 Å². The Labute approximate surface area is 128 Å². The van der Waals surface area contributed by atoms with E-state index >= 15 is 0 Å². The van der Waals surface area contributed by atoms with Crippen LogP contribution in [0, 0.1) is 0 Å². The fourth-order valence-corrected chi connectivity index (χ4v) is 1.86. The summed E-state index contributed by atoms with van der Waals surface area (Å²) in [5.74, 6) is -0.412. The minimum absolute atomic E-state index is 0.356. The molecule has 0 aliphatic carbocycles. The van der Waals surface area contributed by atoms with Crippen molar-refractivity contribution in [1.82, 2.24) is 0 Å². The molecule has 0 bridgehead atoms. The second-order valence-electron chi connectivity index (χ2n) is 4.24. The van der Waals surface area contributed by atoms with Crippen LogP contribution in [-0.4, -0.2) is 11.9 Å². The molecular formula is C18H14O4. The van der Waals surface area contributed by atoms with Crippen LogP contribution in [0.4, 0.5) is 0 Å². The summed E-state index contributed by atoms with van der Waals surface area (Å²) in [7, 11) is 0. The first kappa shape index (κ1) is 15.3. The summed E-state index contributed by atoms with van der Waals surface area (Å²) >= 11 is 0. The monoisotopic (exact) mass is 294 g/mol. The number of ether oxygens (including phenoxy) is 2. The lowest BCUT2D eigenvalue weighted by Gasteiger charge is -2.12. The molecule has 110 valence electrons. The third kappa shape index (κ3) is 3.49. The number of carbonyl (C=O) groups excluding carboxylic acids is 2. The lowest BCUT2D eigenvalue weighted by Crippen LogP contribution is -2.06. The average Bonchev–Trinajstić information content (AvgIpc) is 2.55. The quantitative estimate of drug-likeness (QED) is 0.481. The van der Waals surface area contributed by atoms with Crippen molar-refractivity contribution in [3.05, 3.63) is 73.8 Å². The van der Waals surface area contributed by atoms with E-state index in [1.54, 1.807) is 48.5 Å². The highest BCUT2D eigenvalue weighted by molar-refractivity contribution is 5.88. The Bertz CT molecular complexity index is 668.